The molecule has 21 heavy (non-hydrogen) atoms. The zero-order valence-corrected chi connectivity index (χ0v) is 11.3. The summed E-state index contributed by atoms with van der Waals surface area (Å²) in [6, 6.07) is 22.7. The highest BCUT2D eigenvalue weighted by Gasteiger charge is 2.06. The van der Waals surface area contributed by atoms with E-state index in [9.17, 15) is 0 Å². The molecule has 1 radical (unpaired) electrons. The summed E-state index contributed by atoms with van der Waals surface area (Å²) in [7, 11) is 0.713. The Morgan fingerprint density at radius 2 is 1.38 bits per heavy atom. The van der Waals surface area contributed by atoms with E-state index in [1.165, 1.54) is 21.5 Å². The number of benzene rings is 4. The summed E-state index contributed by atoms with van der Waals surface area (Å²) < 4.78 is 5.11. The molecule has 0 unspecified atom stereocenters. The molecule has 0 aliphatic carbocycles. The predicted octanol–water partition coefficient (Wildman–Crippen LogP) is 4.05. The minimum absolute atomic E-state index is 0.630. The molecule has 0 aromatic heterocycles. The fourth-order valence-corrected chi connectivity index (χ4v) is 2.94. The van der Waals surface area contributed by atoms with E-state index in [1.807, 2.05) is 18.2 Å². The van der Waals surface area contributed by atoms with E-state index >= 15 is 0 Å². The van der Waals surface area contributed by atoms with E-state index in [0.29, 0.717) is 13.4 Å². The maximum Gasteiger partial charge on any atom is 0.569 e. The Morgan fingerprint density at radius 1 is 0.714 bits per heavy atom. The Balaban J connectivity index is 2.19. The van der Waals surface area contributed by atoms with Gasteiger partial charge in [0.25, 0.3) is 0 Å². The van der Waals surface area contributed by atoms with Crippen molar-refractivity contribution in [2.45, 2.75) is 0 Å². The maximum atomic E-state index is 8.83. The first-order valence-electron chi connectivity index (χ1n) is 6.83. The summed E-state index contributed by atoms with van der Waals surface area (Å²) in [5, 5.41) is 16.0. The minimum Gasteiger partial charge on any atom is -0.537 e. The summed E-state index contributed by atoms with van der Waals surface area (Å²) in [6.07, 6.45) is 0. The van der Waals surface area contributed by atoms with Crippen LogP contribution in [0.4, 0.5) is 0 Å². The summed E-state index contributed by atoms with van der Waals surface area (Å²) in [5.74, 6) is 0.630. The first-order valence-corrected chi connectivity index (χ1v) is 6.83. The first kappa shape index (κ1) is 12.2. The third-order valence-corrected chi connectivity index (χ3v) is 3.89. The van der Waals surface area contributed by atoms with Gasteiger partial charge in [-0.2, -0.15) is 0 Å². The van der Waals surface area contributed by atoms with Crippen molar-refractivity contribution in [3.8, 4) is 5.75 Å². The molecule has 0 aliphatic rings. The van der Waals surface area contributed by atoms with Crippen LogP contribution in [0.25, 0.3) is 32.3 Å². The second kappa shape index (κ2) is 4.79. The second-order valence-electron chi connectivity index (χ2n) is 5.06. The SMILES string of the molecule is O[B]Oc1ccc2ccc3ccc4ccccc4c3c2c1. The van der Waals surface area contributed by atoms with Gasteiger partial charge in [-0.15, -0.1) is 0 Å². The van der Waals surface area contributed by atoms with Gasteiger partial charge in [0.1, 0.15) is 5.75 Å². The fraction of sp³-hybridized carbons (Fsp3) is 0. The Labute approximate surface area is 122 Å². The third kappa shape index (κ3) is 1.94. The van der Waals surface area contributed by atoms with E-state index in [2.05, 4.69) is 48.5 Å². The third-order valence-electron chi connectivity index (χ3n) is 3.89. The monoisotopic (exact) mass is 271 g/mol. The van der Waals surface area contributed by atoms with E-state index in [0.717, 1.165) is 10.8 Å². The molecule has 99 valence electrons. The van der Waals surface area contributed by atoms with Crippen molar-refractivity contribution < 1.29 is 9.68 Å². The van der Waals surface area contributed by atoms with Gasteiger partial charge >= 0.3 is 7.69 Å². The molecular formula is C18H12BO2. The maximum absolute atomic E-state index is 8.83. The topological polar surface area (TPSA) is 29.5 Å². The lowest BCUT2D eigenvalue weighted by Crippen LogP contribution is -1.99. The number of rotatable bonds is 2. The van der Waals surface area contributed by atoms with Crippen molar-refractivity contribution in [3.63, 3.8) is 0 Å². The van der Waals surface area contributed by atoms with E-state index in [-0.39, 0.29) is 0 Å². The molecule has 4 aromatic rings. The molecular weight excluding hydrogens is 259 g/mol. The number of hydrogen-bond donors (Lipinski definition) is 1. The molecule has 0 saturated heterocycles. The van der Waals surface area contributed by atoms with Crippen LogP contribution >= 0.6 is 0 Å². The summed E-state index contributed by atoms with van der Waals surface area (Å²) >= 11 is 0. The van der Waals surface area contributed by atoms with Crippen molar-refractivity contribution in [3.05, 3.63) is 66.7 Å². The van der Waals surface area contributed by atoms with Crippen LogP contribution in [0.5, 0.6) is 5.75 Å². The highest BCUT2D eigenvalue weighted by molar-refractivity contribution is 6.21. The van der Waals surface area contributed by atoms with Crippen LogP contribution < -0.4 is 4.65 Å². The average Bonchev–Trinajstić information content (AvgIpc) is 2.54. The smallest absolute Gasteiger partial charge is 0.537 e. The van der Waals surface area contributed by atoms with Crippen LogP contribution in [-0.2, 0) is 0 Å². The van der Waals surface area contributed by atoms with Crippen molar-refractivity contribution >= 4 is 40.0 Å². The lowest BCUT2D eigenvalue weighted by molar-refractivity contribution is 0.454. The van der Waals surface area contributed by atoms with Crippen LogP contribution in [0.15, 0.2) is 66.7 Å². The Bertz CT molecular complexity index is 958. The predicted molar refractivity (Wildman–Crippen MR) is 87.6 cm³/mol. The van der Waals surface area contributed by atoms with Gasteiger partial charge in [-0.05, 0) is 44.5 Å². The number of hydrogen-bond acceptors (Lipinski definition) is 2. The van der Waals surface area contributed by atoms with Crippen molar-refractivity contribution in [2.75, 3.05) is 0 Å². The zero-order valence-electron chi connectivity index (χ0n) is 11.3. The lowest BCUT2D eigenvalue weighted by atomic mass is 9.96. The van der Waals surface area contributed by atoms with Crippen LogP contribution in [0, 0.1) is 0 Å². The van der Waals surface area contributed by atoms with Gasteiger partial charge < -0.3 is 9.68 Å². The van der Waals surface area contributed by atoms with Crippen molar-refractivity contribution in [1.29, 1.82) is 0 Å². The standard InChI is InChI=1S/C18H12BO2/c20-19-21-15-10-9-13-6-8-14-7-5-12-3-1-2-4-16(12)18(14)17(13)11-15/h1-11,20H. The molecule has 0 heterocycles. The molecule has 1 N–H and O–H groups in total. The van der Waals surface area contributed by atoms with Gasteiger partial charge in [0.2, 0.25) is 0 Å². The van der Waals surface area contributed by atoms with Gasteiger partial charge in [-0.1, -0.05) is 54.6 Å². The Kier molecular flexibility index (Phi) is 2.79. The van der Waals surface area contributed by atoms with E-state index < -0.39 is 0 Å². The normalized spacial score (nSPS) is 11.1. The average molecular weight is 271 g/mol. The summed E-state index contributed by atoms with van der Waals surface area (Å²) in [6.45, 7) is 0. The molecule has 3 heteroatoms. The van der Waals surface area contributed by atoms with Gasteiger partial charge in [0, 0.05) is 0 Å². The van der Waals surface area contributed by atoms with Crippen molar-refractivity contribution in [2.24, 2.45) is 0 Å². The molecule has 0 spiro atoms. The molecule has 4 aromatic carbocycles. The Morgan fingerprint density at radius 3 is 2.19 bits per heavy atom. The molecule has 0 aliphatic heterocycles. The molecule has 2 nitrogen and oxygen atoms in total. The highest BCUT2D eigenvalue weighted by Crippen LogP contribution is 2.33. The van der Waals surface area contributed by atoms with Gasteiger partial charge in [-0.25, -0.2) is 0 Å². The van der Waals surface area contributed by atoms with Crippen molar-refractivity contribution in [1.82, 2.24) is 0 Å². The Hall–Kier alpha value is -2.52. The molecule has 0 amide bonds. The van der Waals surface area contributed by atoms with E-state index in [4.69, 9.17) is 9.68 Å². The first-order chi connectivity index (χ1) is 10.4. The summed E-state index contributed by atoms with van der Waals surface area (Å²) in [4.78, 5) is 0. The van der Waals surface area contributed by atoms with E-state index in [1.54, 1.807) is 0 Å². The van der Waals surface area contributed by atoms with Crippen LogP contribution in [0.1, 0.15) is 0 Å². The second-order valence-corrected chi connectivity index (χ2v) is 5.06. The largest absolute Gasteiger partial charge is 0.569 e. The number of fused-ring (bicyclic) bond motifs is 5. The molecule has 0 atom stereocenters. The zero-order chi connectivity index (χ0) is 14.2. The summed E-state index contributed by atoms with van der Waals surface area (Å²) in [5.41, 5.74) is 0. The molecule has 0 bridgehead atoms. The van der Waals surface area contributed by atoms with Gasteiger partial charge in [0.15, 0.2) is 0 Å². The van der Waals surface area contributed by atoms with Gasteiger partial charge in [-0.3, -0.25) is 0 Å². The molecule has 0 fully saturated rings. The highest BCUT2D eigenvalue weighted by atomic mass is 16.5. The molecule has 0 saturated carbocycles. The fourth-order valence-electron chi connectivity index (χ4n) is 2.94. The van der Waals surface area contributed by atoms with Gasteiger partial charge in [0.05, 0.1) is 0 Å². The quantitative estimate of drug-likeness (QED) is 0.440. The minimum atomic E-state index is 0.630. The van der Waals surface area contributed by atoms with Crippen LogP contribution in [-0.4, -0.2) is 12.7 Å². The van der Waals surface area contributed by atoms with Crippen LogP contribution in [0.2, 0.25) is 0 Å². The van der Waals surface area contributed by atoms with Crippen LogP contribution in [0.3, 0.4) is 0 Å². The molecule has 4 rings (SSSR count). The lowest BCUT2D eigenvalue weighted by Gasteiger charge is -2.09.